The van der Waals surface area contributed by atoms with Gasteiger partial charge in [0.05, 0.1) is 12.3 Å². The minimum atomic E-state index is 0.344. The van der Waals surface area contributed by atoms with Gasteiger partial charge in [0, 0.05) is 26.4 Å². The van der Waals surface area contributed by atoms with Crippen LogP contribution in [-0.4, -0.2) is 35.6 Å². The molecule has 2 rings (SSSR count). The van der Waals surface area contributed by atoms with Crippen molar-refractivity contribution in [2.45, 2.75) is 44.8 Å². The molecule has 1 aromatic heterocycles. The molecule has 0 aromatic carbocycles. The van der Waals surface area contributed by atoms with Crippen LogP contribution < -0.4 is 5.32 Å². The van der Waals surface area contributed by atoms with E-state index in [1.54, 1.807) is 0 Å². The Kier molecular flexibility index (Phi) is 4.78. The summed E-state index contributed by atoms with van der Waals surface area (Å²) in [5.41, 5.74) is 1.29. The Bertz CT molecular complexity index is 360. The predicted octanol–water partition coefficient (Wildman–Crippen LogP) is 1.76. The van der Waals surface area contributed by atoms with Gasteiger partial charge in [-0.3, -0.25) is 4.68 Å². The topological polar surface area (TPSA) is 39.1 Å². The average molecular weight is 251 g/mol. The van der Waals surface area contributed by atoms with Crippen LogP contribution in [0.4, 0.5) is 0 Å². The Hall–Kier alpha value is -0.870. The maximum Gasteiger partial charge on any atom is 0.0755 e. The molecule has 1 aromatic rings. The molecule has 1 aliphatic carbocycles. The first-order chi connectivity index (χ1) is 8.74. The number of hydrogen-bond donors (Lipinski definition) is 1. The standard InChI is InChI=1S/C14H25N3O/c1-4-7-15-13(14(18-3)12-5-6-12)8-11-9-16-17(2)10-11/h9-10,12-15H,4-8H2,1-3H3. The molecule has 2 atom stereocenters. The molecular weight excluding hydrogens is 226 g/mol. The molecule has 1 aliphatic rings. The van der Waals surface area contributed by atoms with E-state index < -0.39 is 0 Å². The molecule has 0 saturated heterocycles. The van der Waals surface area contributed by atoms with E-state index in [1.165, 1.54) is 18.4 Å². The number of aromatic nitrogens is 2. The quantitative estimate of drug-likeness (QED) is 0.765. The van der Waals surface area contributed by atoms with E-state index >= 15 is 0 Å². The summed E-state index contributed by atoms with van der Waals surface area (Å²) in [5.74, 6) is 0.751. The second-order valence-electron chi connectivity index (χ2n) is 5.32. The van der Waals surface area contributed by atoms with Gasteiger partial charge in [-0.05, 0) is 43.7 Å². The molecule has 0 bridgehead atoms. The second-order valence-corrected chi connectivity index (χ2v) is 5.32. The fourth-order valence-electron chi connectivity index (χ4n) is 2.58. The Morgan fingerprint density at radius 2 is 2.33 bits per heavy atom. The summed E-state index contributed by atoms with van der Waals surface area (Å²) >= 11 is 0. The van der Waals surface area contributed by atoms with Crippen LogP contribution in [0.3, 0.4) is 0 Å². The lowest BCUT2D eigenvalue weighted by molar-refractivity contribution is 0.0511. The van der Waals surface area contributed by atoms with Crippen LogP contribution in [0.2, 0.25) is 0 Å². The van der Waals surface area contributed by atoms with Crippen molar-refractivity contribution in [3.8, 4) is 0 Å². The van der Waals surface area contributed by atoms with Gasteiger partial charge in [0.2, 0.25) is 0 Å². The molecular formula is C14H25N3O. The summed E-state index contributed by atoms with van der Waals surface area (Å²) < 4.78 is 7.59. The maximum atomic E-state index is 5.72. The summed E-state index contributed by atoms with van der Waals surface area (Å²) in [7, 11) is 3.81. The summed E-state index contributed by atoms with van der Waals surface area (Å²) in [6.07, 6.45) is 9.19. The summed E-state index contributed by atoms with van der Waals surface area (Å²) in [6.45, 7) is 3.25. The summed E-state index contributed by atoms with van der Waals surface area (Å²) in [5, 5.41) is 7.88. The van der Waals surface area contributed by atoms with Gasteiger partial charge in [-0.15, -0.1) is 0 Å². The number of aryl methyl sites for hydroxylation is 1. The van der Waals surface area contributed by atoms with E-state index in [1.807, 2.05) is 25.0 Å². The molecule has 102 valence electrons. The van der Waals surface area contributed by atoms with Gasteiger partial charge in [-0.25, -0.2) is 0 Å². The number of nitrogens with one attached hydrogen (secondary N) is 1. The van der Waals surface area contributed by atoms with Crippen LogP contribution in [0.5, 0.6) is 0 Å². The van der Waals surface area contributed by atoms with Crippen molar-refractivity contribution < 1.29 is 4.74 Å². The largest absolute Gasteiger partial charge is 0.380 e. The highest BCUT2D eigenvalue weighted by atomic mass is 16.5. The van der Waals surface area contributed by atoms with Crippen molar-refractivity contribution in [2.75, 3.05) is 13.7 Å². The number of hydrogen-bond acceptors (Lipinski definition) is 3. The molecule has 1 N–H and O–H groups in total. The van der Waals surface area contributed by atoms with Gasteiger partial charge in [-0.1, -0.05) is 6.92 Å². The summed E-state index contributed by atoms with van der Waals surface area (Å²) in [4.78, 5) is 0. The lowest BCUT2D eigenvalue weighted by Crippen LogP contribution is -2.44. The van der Waals surface area contributed by atoms with Crippen LogP contribution in [0.25, 0.3) is 0 Å². The lowest BCUT2D eigenvalue weighted by atomic mass is 10.00. The first kappa shape index (κ1) is 13.6. The highest BCUT2D eigenvalue weighted by molar-refractivity contribution is 5.08. The molecule has 4 nitrogen and oxygen atoms in total. The molecule has 0 aliphatic heterocycles. The molecule has 1 heterocycles. The van der Waals surface area contributed by atoms with Gasteiger partial charge < -0.3 is 10.1 Å². The van der Waals surface area contributed by atoms with Crippen molar-refractivity contribution in [1.82, 2.24) is 15.1 Å². The van der Waals surface area contributed by atoms with E-state index in [-0.39, 0.29) is 0 Å². The highest BCUT2D eigenvalue weighted by Gasteiger charge is 2.36. The van der Waals surface area contributed by atoms with E-state index in [0.29, 0.717) is 12.1 Å². The molecule has 0 spiro atoms. The van der Waals surface area contributed by atoms with E-state index in [9.17, 15) is 0 Å². The first-order valence-electron chi connectivity index (χ1n) is 6.98. The van der Waals surface area contributed by atoms with Crippen LogP contribution in [0.1, 0.15) is 31.7 Å². The molecule has 18 heavy (non-hydrogen) atoms. The van der Waals surface area contributed by atoms with E-state index in [0.717, 1.165) is 25.3 Å². The van der Waals surface area contributed by atoms with Crippen LogP contribution in [0, 0.1) is 5.92 Å². The number of methoxy groups -OCH3 is 1. The fraction of sp³-hybridized carbons (Fsp3) is 0.786. The number of rotatable bonds is 8. The normalized spacial score (nSPS) is 18.8. The minimum Gasteiger partial charge on any atom is -0.380 e. The monoisotopic (exact) mass is 251 g/mol. The minimum absolute atomic E-state index is 0.344. The second kappa shape index (κ2) is 6.34. The molecule has 0 amide bonds. The Morgan fingerprint density at radius 1 is 1.56 bits per heavy atom. The first-order valence-corrected chi connectivity index (χ1v) is 6.98. The number of ether oxygens (including phenoxy) is 1. The predicted molar refractivity (Wildman–Crippen MR) is 72.5 cm³/mol. The van der Waals surface area contributed by atoms with Crippen LogP contribution >= 0.6 is 0 Å². The molecule has 2 unspecified atom stereocenters. The van der Waals surface area contributed by atoms with Gasteiger partial charge in [0.25, 0.3) is 0 Å². The van der Waals surface area contributed by atoms with Crippen LogP contribution in [-0.2, 0) is 18.2 Å². The van der Waals surface area contributed by atoms with E-state index in [4.69, 9.17) is 4.74 Å². The van der Waals surface area contributed by atoms with Crippen molar-refractivity contribution in [3.05, 3.63) is 18.0 Å². The number of nitrogens with zero attached hydrogens (tertiary/aromatic N) is 2. The Labute approximate surface area is 110 Å². The third-order valence-electron chi connectivity index (χ3n) is 3.63. The molecule has 4 heteroatoms. The molecule has 1 fully saturated rings. The molecule has 0 radical (unpaired) electrons. The summed E-state index contributed by atoms with van der Waals surface area (Å²) in [6, 6.07) is 0.409. The van der Waals surface area contributed by atoms with Crippen molar-refractivity contribution in [1.29, 1.82) is 0 Å². The van der Waals surface area contributed by atoms with Gasteiger partial charge in [0.15, 0.2) is 0 Å². The van der Waals surface area contributed by atoms with Crippen molar-refractivity contribution >= 4 is 0 Å². The SMILES string of the molecule is CCCNC(Cc1cnn(C)c1)C(OC)C1CC1. The zero-order chi connectivity index (χ0) is 13.0. The fourth-order valence-corrected chi connectivity index (χ4v) is 2.58. The lowest BCUT2D eigenvalue weighted by Gasteiger charge is -2.27. The Balaban J connectivity index is 1.98. The molecule has 1 saturated carbocycles. The van der Waals surface area contributed by atoms with E-state index in [2.05, 4.69) is 23.5 Å². The average Bonchev–Trinajstić information content (AvgIpc) is 3.11. The van der Waals surface area contributed by atoms with Crippen molar-refractivity contribution in [2.24, 2.45) is 13.0 Å². The maximum absolute atomic E-state index is 5.72. The third kappa shape index (κ3) is 3.56. The van der Waals surface area contributed by atoms with Gasteiger partial charge in [-0.2, -0.15) is 5.10 Å². The zero-order valence-electron chi connectivity index (χ0n) is 11.7. The Morgan fingerprint density at radius 3 is 2.83 bits per heavy atom. The van der Waals surface area contributed by atoms with Gasteiger partial charge >= 0.3 is 0 Å². The van der Waals surface area contributed by atoms with Gasteiger partial charge in [0.1, 0.15) is 0 Å². The zero-order valence-corrected chi connectivity index (χ0v) is 11.7. The smallest absolute Gasteiger partial charge is 0.0755 e. The van der Waals surface area contributed by atoms with Crippen LogP contribution in [0.15, 0.2) is 12.4 Å². The van der Waals surface area contributed by atoms with Crippen molar-refractivity contribution in [3.63, 3.8) is 0 Å². The third-order valence-corrected chi connectivity index (χ3v) is 3.63. The highest BCUT2D eigenvalue weighted by Crippen LogP contribution is 2.36.